The second-order valence-corrected chi connectivity index (χ2v) is 5.43. The molecule has 0 saturated carbocycles. The summed E-state index contributed by atoms with van der Waals surface area (Å²) in [6.45, 7) is 7.95. The van der Waals surface area contributed by atoms with Crippen molar-refractivity contribution in [3.8, 4) is 0 Å². The number of carbonyl (C=O) groups excluding carboxylic acids is 2. The van der Waals surface area contributed by atoms with Gasteiger partial charge in [0.25, 0.3) is 6.47 Å². The summed E-state index contributed by atoms with van der Waals surface area (Å²) in [6, 6.07) is 0. The molecule has 18 heavy (non-hydrogen) atoms. The first-order valence-electron chi connectivity index (χ1n) is 6.18. The van der Waals surface area contributed by atoms with Crippen LogP contribution in [0.5, 0.6) is 0 Å². The van der Waals surface area contributed by atoms with Gasteiger partial charge >= 0.3 is 5.97 Å². The third-order valence-electron chi connectivity index (χ3n) is 2.65. The van der Waals surface area contributed by atoms with Gasteiger partial charge in [-0.1, -0.05) is 0 Å². The Hall–Kier alpha value is -1.10. The maximum absolute atomic E-state index is 11.0. The van der Waals surface area contributed by atoms with Crippen molar-refractivity contribution in [1.82, 2.24) is 4.90 Å². The molecular formula is C13H25NO4. The van der Waals surface area contributed by atoms with E-state index in [0.29, 0.717) is 6.47 Å². The highest BCUT2D eigenvalue weighted by Gasteiger charge is 2.23. The van der Waals surface area contributed by atoms with Gasteiger partial charge in [-0.3, -0.25) is 9.59 Å². The van der Waals surface area contributed by atoms with Crippen LogP contribution >= 0.6 is 0 Å². The zero-order chi connectivity index (χ0) is 14.2. The first-order valence-corrected chi connectivity index (χ1v) is 6.18. The molecule has 5 nitrogen and oxygen atoms in total. The predicted octanol–water partition coefficient (Wildman–Crippen LogP) is 1.46. The fourth-order valence-electron chi connectivity index (χ4n) is 1.56. The Kier molecular flexibility index (Phi) is 7.59. The Balaban J connectivity index is 0.000000360. The van der Waals surface area contributed by atoms with E-state index in [1.54, 1.807) is 0 Å². The lowest BCUT2D eigenvalue weighted by molar-refractivity contribution is -0.147. The number of nitrogens with zero attached hydrogens (tertiary/aromatic N) is 1. The van der Waals surface area contributed by atoms with Gasteiger partial charge in [-0.15, -0.1) is 0 Å². The molecular weight excluding hydrogens is 234 g/mol. The highest BCUT2D eigenvalue weighted by atomic mass is 16.5. The molecule has 0 bridgehead atoms. The topological polar surface area (TPSA) is 55.8 Å². The molecule has 0 N–H and O–H groups in total. The lowest BCUT2D eigenvalue weighted by Crippen LogP contribution is -2.33. The minimum Gasteiger partial charge on any atom is -0.469 e. The van der Waals surface area contributed by atoms with E-state index in [1.807, 2.05) is 20.8 Å². The maximum Gasteiger partial charge on any atom is 0.308 e. The number of hydrogen-bond acceptors (Lipinski definition) is 5. The summed E-state index contributed by atoms with van der Waals surface area (Å²) in [7, 11) is 3.54. The summed E-state index contributed by atoms with van der Waals surface area (Å²) in [6.07, 6.45) is 1.90. The average Bonchev–Trinajstić information content (AvgIpc) is 2.28. The number of likely N-dealkylation sites (tertiary alicyclic amines) is 1. The molecule has 1 rings (SSSR count). The molecule has 0 aromatic rings. The van der Waals surface area contributed by atoms with Crippen molar-refractivity contribution >= 4 is 12.4 Å². The minimum absolute atomic E-state index is 0.0434. The van der Waals surface area contributed by atoms with Crippen LogP contribution in [0.15, 0.2) is 0 Å². The second kappa shape index (κ2) is 8.08. The van der Waals surface area contributed by atoms with Gasteiger partial charge in [0, 0.05) is 0 Å². The quantitative estimate of drug-likeness (QED) is 0.555. The predicted molar refractivity (Wildman–Crippen MR) is 69.1 cm³/mol. The number of piperidine rings is 1. The molecule has 1 aliphatic rings. The molecule has 0 atom stereocenters. The van der Waals surface area contributed by atoms with E-state index in [-0.39, 0.29) is 17.5 Å². The van der Waals surface area contributed by atoms with Crippen LogP contribution in [0.4, 0.5) is 0 Å². The summed E-state index contributed by atoms with van der Waals surface area (Å²) in [5.74, 6) is 0.106. The van der Waals surface area contributed by atoms with E-state index in [0.717, 1.165) is 25.9 Å². The summed E-state index contributed by atoms with van der Waals surface area (Å²) < 4.78 is 9.22. The van der Waals surface area contributed by atoms with Gasteiger partial charge in [0.1, 0.15) is 5.60 Å². The standard InChI is InChI=1S/C8H15NO2.C5H10O2/c1-9-5-3-7(4-6-9)8(10)11-2;1-5(2,3)7-4-6/h7H,3-6H2,1-2H3;4H,1-3H3. The van der Waals surface area contributed by atoms with E-state index in [4.69, 9.17) is 0 Å². The highest BCUT2D eigenvalue weighted by Crippen LogP contribution is 2.16. The monoisotopic (exact) mass is 259 g/mol. The number of hydrogen-bond donors (Lipinski definition) is 0. The number of carbonyl (C=O) groups is 2. The van der Waals surface area contributed by atoms with Crippen LogP contribution in [0.25, 0.3) is 0 Å². The van der Waals surface area contributed by atoms with E-state index in [1.165, 1.54) is 7.11 Å². The normalized spacial score (nSPS) is 17.4. The molecule has 0 aliphatic carbocycles. The average molecular weight is 259 g/mol. The van der Waals surface area contributed by atoms with Crippen LogP contribution in [-0.2, 0) is 19.1 Å². The molecule has 1 saturated heterocycles. The molecule has 1 heterocycles. The van der Waals surface area contributed by atoms with Gasteiger partial charge in [0.15, 0.2) is 0 Å². The fourth-order valence-corrected chi connectivity index (χ4v) is 1.56. The first kappa shape index (κ1) is 16.9. The van der Waals surface area contributed by atoms with E-state index in [2.05, 4.69) is 21.4 Å². The number of rotatable bonds is 2. The maximum atomic E-state index is 11.0. The van der Waals surface area contributed by atoms with Gasteiger partial charge in [-0.25, -0.2) is 0 Å². The van der Waals surface area contributed by atoms with Crippen molar-refractivity contribution in [2.75, 3.05) is 27.2 Å². The Morgan fingerprint density at radius 1 is 1.28 bits per heavy atom. The SMILES string of the molecule is CC(C)(C)OC=O.COC(=O)C1CCN(C)CC1. The van der Waals surface area contributed by atoms with Crippen LogP contribution < -0.4 is 0 Å². The van der Waals surface area contributed by atoms with Crippen molar-refractivity contribution in [3.05, 3.63) is 0 Å². The molecule has 1 fully saturated rings. The highest BCUT2D eigenvalue weighted by molar-refractivity contribution is 5.72. The molecule has 1 aliphatic heterocycles. The van der Waals surface area contributed by atoms with Gasteiger partial charge in [0.2, 0.25) is 0 Å². The lowest BCUT2D eigenvalue weighted by Gasteiger charge is -2.26. The Morgan fingerprint density at radius 3 is 2.06 bits per heavy atom. The zero-order valence-corrected chi connectivity index (χ0v) is 12.1. The van der Waals surface area contributed by atoms with E-state index < -0.39 is 0 Å². The molecule has 0 unspecified atom stereocenters. The largest absolute Gasteiger partial charge is 0.469 e. The van der Waals surface area contributed by atoms with E-state index >= 15 is 0 Å². The fraction of sp³-hybridized carbons (Fsp3) is 0.846. The van der Waals surface area contributed by atoms with Gasteiger partial charge in [-0.05, 0) is 53.8 Å². The lowest BCUT2D eigenvalue weighted by atomic mass is 9.98. The van der Waals surface area contributed by atoms with Crippen molar-refractivity contribution < 1.29 is 19.1 Å². The minimum atomic E-state index is -0.318. The van der Waals surface area contributed by atoms with Crippen LogP contribution in [0, 0.1) is 5.92 Å². The molecule has 0 spiro atoms. The number of methoxy groups -OCH3 is 1. The number of ether oxygens (including phenoxy) is 2. The van der Waals surface area contributed by atoms with Crippen LogP contribution in [0.2, 0.25) is 0 Å². The zero-order valence-electron chi connectivity index (χ0n) is 12.1. The smallest absolute Gasteiger partial charge is 0.308 e. The summed E-state index contributed by atoms with van der Waals surface area (Å²) in [5.41, 5.74) is -0.318. The molecule has 0 radical (unpaired) electrons. The van der Waals surface area contributed by atoms with Crippen molar-refractivity contribution in [1.29, 1.82) is 0 Å². The van der Waals surface area contributed by atoms with Crippen LogP contribution in [0.3, 0.4) is 0 Å². The Labute approximate surface area is 109 Å². The van der Waals surface area contributed by atoms with Crippen LogP contribution in [0.1, 0.15) is 33.6 Å². The van der Waals surface area contributed by atoms with Crippen molar-refractivity contribution in [2.24, 2.45) is 5.92 Å². The van der Waals surface area contributed by atoms with Crippen molar-refractivity contribution in [3.63, 3.8) is 0 Å². The van der Waals surface area contributed by atoms with Crippen molar-refractivity contribution in [2.45, 2.75) is 39.2 Å². The summed E-state index contributed by atoms with van der Waals surface area (Å²) in [4.78, 5) is 22.9. The molecule has 0 amide bonds. The van der Waals surface area contributed by atoms with Gasteiger partial charge in [-0.2, -0.15) is 0 Å². The molecule has 106 valence electrons. The summed E-state index contributed by atoms with van der Waals surface area (Å²) in [5, 5.41) is 0. The molecule has 0 aromatic heterocycles. The van der Waals surface area contributed by atoms with Gasteiger partial charge < -0.3 is 14.4 Å². The molecule has 5 heteroatoms. The Morgan fingerprint density at radius 2 is 1.78 bits per heavy atom. The third kappa shape index (κ3) is 8.06. The number of esters is 1. The van der Waals surface area contributed by atoms with E-state index in [9.17, 15) is 9.59 Å². The first-order chi connectivity index (χ1) is 8.30. The summed E-state index contributed by atoms with van der Waals surface area (Å²) >= 11 is 0. The third-order valence-corrected chi connectivity index (χ3v) is 2.65. The second-order valence-electron chi connectivity index (χ2n) is 5.43. The molecule has 0 aromatic carbocycles. The van der Waals surface area contributed by atoms with Gasteiger partial charge in [0.05, 0.1) is 13.0 Å². The Bertz CT molecular complexity index is 252. The van der Waals surface area contributed by atoms with Crippen LogP contribution in [-0.4, -0.2) is 50.2 Å².